The van der Waals surface area contributed by atoms with Crippen LogP contribution in [0.4, 0.5) is 0 Å². The maximum atomic E-state index is 9.44. The maximum Gasteiger partial charge on any atom is 0.126 e. The van der Waals surface area contributed by atoms with Crippen molar-refractivity contribution in [1.29, 1.82) is 0 Å². The van der Waals surface area contributed by atoms with Crippen molar-refractivity contribution < 1.29 is 4.79 Å². The van der Waals surface area contributed by atoms with Crippen molar-refractivity contribution in [2.24, 2.45) is 11.8 Å². The Bertz CT molecular complexity index is 429. The zero-order chi connectivity index (χ0) is 21.1. The average molecular weight is 405 g/mol. The lowest BCUT2D eigenvalue weighted by Crippen LogP contribution is -1.91. The van der Waals surface area contributed by atoms with E-state index < -0.39 is 0 Å². The molecule has 1 aromatic carbocycles. The van der Waals surface area contributed by atoms with Crippen LogP contribution in [-0.4, -0.2) is 5.78 Å². The molecule has 154 valence electrons. The standard InChI is InChI=1S/C8H8Cl2.C8H18.C4H10.C3H6O/c1-2-6-3-4-7(9)8(10)5-6;1-4-6-8(3)7-5-2;1-4(2)3;1-3(2)4/h3-5H,2H2,1H3;8H,4-7H2,1-3H3;4H,1-3H3;1-2H3. The number of hydrogen-bond donors (Lipinski definition) is 0. The molecule has 0 saturated carbocycles. The van der Waals surface area contributed by atoms with Crippen LogP contribution in [0.5, 0.6) is 0 Å². The number of carbonyl (C=O) groups excluding carboxylic acids is 1. The van der Waals surface area contributed by atoms with Gasteiger partial charge in [0.1, 0.15) is 5.78 Å². The summed E-state index contributed by atoms with van der Waals surface area (Å²) in [5.41, 5.74) is 1.22. The van der Waals surface area contributed by atoms with E-state index in [1.807, 2.05) is 18.2 Å². The summed E-state index contributed by atoms with van der Waals surface area (Å²) < 4.78 is 0. The van der Waals surface area contributed by atoms with E-state index in [4.69, 9.17) is 23.2 Å². The van der Waals surface area contributed by atoms with E-state index in [-0.39, 0.29) is 5.78 Å². The van der Waals surface area contributed by atoms with Crippen LogP contribution in [0.3, 0.4) is 0 Å². The summed E-state index contributed by atoms with van der Waals surface area (Å²) in [4.78, 5) is 9.44. The monoisotopic (exact) mass is 404 g/mol. The highest BCUT2D eigenvalue weighted by Crippen LogP contribution is 2.22. The van der Waals surface area contributed by atoms with Gasteiger partial charge in [-0.15, -0.1) is 0 Å². The number of carbonyl (C=O) groups is 1. The molecule has 0 spiro atoms. The minimum atomic E-state index is 0.167. The van der Waals surface area contributed by atoms with Crippen molar-refractivity contribution in [3.05, 3.63) is 33.8 Å². The second kappa shape index (κ2) is 20.8. The average Bonchev–Trinajstić information content (AvgIpc) is 2.50. The number of halogens is 2. The van der Waals surface area contributed by atoms with E-state index in [2.05, 4.69) is 48.5 Å². The molecule has 0 radical (unpaired) electrons. The molecule has 0 heterocycles. The van der Waals surface area contributed by atoms with E-state index in [0.29, 0.717) is 10.0 Å². The van der Waals surface area contributed by atoms with Crippen LogP contribution in [-0.2, 0) is 11.2 Å². The summed E-state index contributed by atoms with van der Waals surface area (Å²) in [5, 5.41) is 1.26. The SMILES string of the molecule is CC(C)=O.CC(C)C.CCCC(C)CCC.CCc1ccc(Cl)c(Cl)c1. The van der Waals surface area contributed by atoms with E-state index in [0.717, 1.165) is 18.3 Å². The topological polar surface area (TPSA) is 17.1 Å². The third-order valence-electron chi connectivity index (χ3n) is 2.96. The fourth-order valence-electron chi connectivity index (χ4n) is 1.89. The lowest BCUT2D eigenvalue weighted by atomic mass is 10.0. The van der Waals surface area contributed by atoms with E-state index in [1.54, 1.807) is 0 Å². The third-order valence-corrected chi connectivity index (χ3v) is 3.69. The molecule has 0 atom stereocenters. The van der Waals surface area contributed by atoms with E-state index >= 15 is 0 Å². The predicted octanol–water partition coefficient (Wildman–Crippen LogP) is 9.04. The van der Waals surface area contributed by atoms with Gasteiger partial charge in [0.25, 0.3) is 0 Å². The number of ketones is 1. The largest absolute Gasteiger partial charge is 0.300 e. The van der Waals surface area contributed by atoms with Crippen LogP contribution in [0.2, 0.25) is 10.0 Å². The molecular formula is C23H42Cl2O. The summed E-state index contributed by atoms with van der Waals surface area (Å²) >= 11 is 11.5. The Morgan fingerprint density at radius 2 is 1.27 bits per heavy atom. The lowest BCUT2D eigenvalue weighted by molar-refractivity contribution is -0.114. The van der Waals surface area contributed by atoms with Crippen molar-refractivity contribution in [3.63, 3.8) is 0 Å². The van der Waals surface area contributed by atoms with Crippen LogP contribution >= 0.6 is 23.2 Å². The lowest BCUT2D eigenvalue weighted by Gasteiger charge is -2.05. The molecule has 26 heavy (non-hydrogen) atoms. The first-order valence-electron chi connectivity index (χ1n) is 9.92. The Kier molecular flexibility index (Phi) is 24.1. The van der Waals surface area contributed by atoms with E-state index in [1.165, 1.54) is 45.1 Å². The molecule has 0 amide bonds. The molecule has 0 aliphatic heterocycles. The molecule has 0 saturated heterocycles. The fourth-order valence-corrected chi connectivity index (χ4v) is 2.21. The Balaban J connectivity index is -0.000000296. The molecule has 0 fully saturated rings. The smallest absolute Gasteiger partial charge is 0.126 e. The van der Waals surface area contributed by atoms with Gasteiger partial charge in [-0.3, -0.25) is 0 Å². The van der Waals surface area contributed by atoms with Crippen LogP contribution in [0.25, 0.3) is 0 Å². The number of hydrogen-bond acceptors (Lipinski definition) is 1. The van der Waals surface area contributed by atoms with Crippen molar-refractivity contribution in [2.45, 2.75) is 94.4 Å². The summed E-state index contributed by atoms with van der Waals surface area (Å²) in [6.45, 7) is 18.5. The fraction of sp³-hybridized carbons (Fsp3) is 0.696. The number of aryl methyl sites for hydroxylation is 1. The Labute approximate surface area is 173 Å². The first-order chi connectivity index (χ1) is 12.0. The number of benzene rings is 1. The van der Waals surface area contributed by atoms with Gasteiger partial charge < -0.3 is 4.79 Å². The molecule has 0 bridgehead atoms. The summed E-state index contributed by atoms with van der Waals surface area (Å²) in [6.07, 6.45) is 6.51. The van der Waals surface area contributed by atoms with Crippen LogP contribution in [0.15, 0.2) is 18.2 Å². The predicted molar refractivity (Wildman–Crippen MR) is 122 cm³/mol. The van der Waals surface area contributed by atoms with Gasteiger partial charge in [0.2, 0.25) is 0 Å². The molecule has 0 aliphatic carbocycles. The second-order valence-corrected chi connectivity index (χ2v) is 8.24. The maximum absolute atomic E-state index is 9.44. The molecule has 0 aliphatic rings. The van der Waals surface area contributed by atoms with Gasteiger partial charge in [0.15, 0.2) is 0 Å². The number of rotatable bonds is 5. The molecule has 0 unspecified atom stereocenters. The Hall–Kier alpha value is -0.530. The molecule has 1 nitrogen and oxygen atoms in total. The van der Waals surface area contributed by atoms with E-state index in [9.17, 15) is 4.79 Å². The minimum Gasteiger partial charge on any atom is -0.300 e. The molecule has 0 aromatic heterocycles. The zero-order valence-corrected chi connectivity index (χ0v) is 20.1. The van der Waals surface area contributed by atoms with Crippen LogP contribution < -0.4 is 0 Å². The van der Waals surface area contributed by atoms with Crippen molar-refractivity contribution in [2.75, 3.05) is 0 Å². The van der Waals surface area contributed by atoms with Gasteiger partial charge in [0, 0.05) is 0 Å². The quantitative estimate of drug-likeness (QED) is 0.477. The first kappa shape index (κ1) is 30.2. The summed E-state index contributed by atoms with van der Waals surface area (Å²) in [6, 6.07) is 5.70. The molecule has 0 N–H and O–H groups in total. The Morgan fingerprint density at radius 1 is 0.885 bits per heavy atom. The normalized spacial score (nSPS) is 9.42. The van der Waals surface area contributed by atoms with Gasteiger partial charge in [-0.05, 0) is 49.8 Å². The molecule has 3 heteroatoms. The minimum absolute atomic E-state index is 0.167. The van der Waals surface area contributed by atoms with Crippen molar-refractivity contribution in [1.82, 2.24) is 0 Å². The van der Waals surface area contributed by atoms with Crippen molar-refractivity contribution in [3.8, 4) is 0 Å². The highest BCUT2D eigenvalue weighted by atomic mass is 35.5. The van der Waals surface area contributed by atoms with Gasteiger partial charge in [-0.25, -0.2) is 0 Å². The van der Waals surface area contributed by atoms with Crippen LogP contribution in [0, 0.1) is 11.8 Å². The number of Topliss-reactive ketones (excluding diaryl/α,β-unsaturated/α-hetero) is 1. The second-order valence-electron chi connectivity index (χ2n) is 7.42. The van der Waals surface area contributed by atoms with Gasteiger partial charge in [-0.2, -0.15) is 0 Å². The first-order valence-corrected chi connectivity index (χ1v) is 10.7. The Morgan fingerprint density at radius 3 is 1.54 bits per heavy atom. The highest BCUT2D eigenvalue weighted by Gasteiger charge is 1.96. The zero-order valence-electron chi connectivity index (χ0n) is 18.6. The highest BCUT2D eigenvalue weighted by molar-refractivity contribution is 6.42. The van der Waals surface area contributed by atoms with Gasteiger partial charge in [-0.1, -0.05) is 103 Å². The molecule has 1 aromatic rings. The third kappa shape index (κ3) is 28.3. The van der Waals surface area contributed by atoms with Crippen LogP contribution in [0.1, 0.15) is 93.6 Å². The summed E-state index contributed by atoms with van der Waals surface area (Å²) in [7, 11) is 0. The van der Waals surface area contributed by atoms with Gasteiger partial charge >= 0.3 is 0 Å². The van der Waals surface area contributed by atoms with Crippen molar-refractivity contribution >= 4 is 29.0 Å². The molecule has 1 rings (SSSR count). The summed E-state index contributed by atoms with van der Waals surface area (Å²) in [5.74, 6) is 1.96. The molecular weight excluding hydrogens is 363 g/mol. The van der Waals surface area contributed by atoms with Gasteiger partial charge in [0.05, 0.1) is 10.0 Å².